The van der Waals surface area contributed by atoms with Crippen molar-refractivity contribution in [1.82, 2.24) is 24.3 Å². The van der Waals surface area contributed by atoms with Crippen LogP contribution in [0.25, 0.3) is 0 Å². The standard InChI is InChI=1S/C23H37N5O4/c1-15-24-14-17-19(29)27(13-12-26(15)17)16-8-10-25(11-9-16)20(30)18(22(2,3)4)28(21(31)32)23(5,6)7/h14,16,18H,8-13H2,1-7H3,(H,31,32)/t18-/m0/s1. The van der Waals surface area contributed by atoms with Crippen LogP contribution in [-0.4, -0.2) is 84.5 Å². The molecule has 0 radical (unpaired) electrons. The molecule has 0 aliphatic carbocycles. The van der Waals surface area contributed by atoms with Crippen LogP contribution in [0.2, 0.25) is 0 Å². The van der Waals surface area contributed by atoms with Crippen molar-refractivity contribution in [2.45, 2.75) is 85.5 Å². The molecule has 3 amide bonds. The van der Waals surface area contributed by atoms with Crippen LogP contribution in [0.15, 0.2) is 6.20 Å². The minimum Gasteiger partial charge on any atom is -0.465 e. The van der Waals surface area contributed by atoms with E-state index in [0.717, 1.165) is 12.4 Å². The summed E-state index contributed by atoms with van der Waals surface area (Å²) < 4.78 is 1.96. The summed E-state index contributed by atoms with van der Waals surface area (Å²) in [6, 6.07) is -0.715. The summed E-state index contributed by atoms with van der Waals surface area (Å²) in [7, 11) is 0. The normalized spacial score (nSPS) is 19.0. The highest BCUT2D eigenvalue weighted by atomic mass is 16.4. The van der Waals surface area contributed by atoms with E-state index < -0.39 is 23.1 Å². The molecule has 1 aromatic heterocycles. The monoisotopic (exact) mass is 447 g/mol. The second kappa shape index (κ2) is 8.41. The predicted molar refractivity (Wildman–Crippen MR) is 120 cm³/mol. The van der Waals surface area contributed by atoms with E-state index in [2.05, 4.69) is 4.98 Å². The maximum Gasteiger partial charge on any atom is 0.408 e. The molecule has 1 saturated heterocycles. The zero-order valence-electron chi connectivity index (χ0n) is 20.4. The number of aryl methyl sites for hydroxylation is 1. The fraction of sp³-hybridized carbons (Fsp3) is 0.739. The van der Waals surface area contributed by atoms with E-state index in [4.69, 9.17) is 0 Å². The number of carboxylic acid groups (broad SMARTS) is 1. The Morgan fingerprint density at radius 3 is 2.19 bits per heavy atom. The lowest BCUT2D eigenvalue weighted by Crippen LogP contribution is -2.63. The van der Waals surface area contributed by atoms with Crippen LogP contribution in [0.5, 0.6) is 0 Å². The third-order valence-electron chi connectivity index (χ3n) is 6.56. The second-order valence-corrected chi connectivity index (χ2v) is 11.0. The number of carbonyl (C=O) groups excluding carboxylic acids is 2. The maximum absolute atomic E-state index is 13.6. The molecule has 2 aliphatic rings. The molecule has 9 nitrogen and oxygen atoms in total. The average molecular weight is 448 g/mol. The Hall–Kier alpha value is -2.58. The van der Waals surface area contributed by atoms with Gasteiger partial charge in [-0.15, -0.1) is 0 Å². The molecule has 0 bridgehead atoms. The van der Waals surface area contributed by atoms with Gasteiger partial charge >= 0.3 is 6.09 Å². The summed E-state index contributed by atoms with van der Waals surface area (Å²) in [4.78, 5) is 47.9. The van der Waals surface area contributed by atoms with Crippen LogP contribution in [0.3, 0.4) is 0 Å². The van der Waals surface area contributed by atoms with Gasteiger partial charge in [-0.2, -0.15) is 0 Å². The van der Waals surface area contributed by atoms with Crippen LogP contribution in [0, 0.1) is 12.3 Å². The molecule has 9 heteroatoms. The molecular formula is C23H37N5O4. The highest BCUT2D eigenvalue weighted by Gasteiger charge is 2.46. The summed E-state index contributed by atoms with van der Waals surface area (Å²) in [6.45, 7) is 15.5. The molecule has 1 atom stereocenters. The van der Waals surface area contributed by atoms with Gasteiger partial charge in [0.05, 0.1) is 6.20 Å². The SMILES string of the molecule is Cc1ncc2n1CCN(C1CCN(C(=O)[C@H](N(C(=O)O)C(C)(C)C)C(C)(C)C)CC1)C2=O. The summed E-state index contributed by atoms with van der Waals surface area (Å²) in [5.74, 6) is 0.689. The minimum absolute atomic E-state index is 0.000945. The Labute approximate surface area is 190 Å². The summed E-state index contributed by atoms with van der Waals surface area (Å²) in [5, 5.41) is 9.92. The van der Waals surface area contributed by atoms with Crippen molar-refractivity contribution in [2.24, 2.45) is 5.41 Å². The van der Waals surface area contributed by atoms with E-state index in [-0.39, 0.29) is 17.9 Å². The number of imidazole rings is 1. The molecule has 0 spiro atoms. The highest BCUT2D eigenvalue weighted by molar-refractivity contribution is 5.93. The summed E-state index contributed by atoms with van der Waals surface area (Å²) in [6.07, 6.45) is 1.92. The van der Waals surface area contributed by atoms with Crippen LogP contribution < -0.4 is 0 Å². The van der Waals surface area contributed by atoms with Crippen LogP contribution in [0.1, 0.15) is 70.7 Å². The summed E-state index contributed by atoms with van der Waals surface area (Å²) in [5.41, 5.74) is -0.639. The average Bonchev–Trinajstić information content (AvgIpc) is 3.05. The Morgan fingerprint density at radius 1 is 1.09 bits per heavy atom. The third kappa shape index (κ3) is 4.47. The molecule has 3 rings (SSSR count). The van der Waals surface area contributed by atoms with Gasteiger partial charge in [-0.05, 0) is 46.0 Å². The molecule has 178 valence electrons. The Kier molecular flexibility index (Phi) is 6.32. The molecule has 0 aromatic carbocycles. The number of aromatic nitrogens is 2. The first-order chi connectivity index (χ1) is 14.7. The molecule has 1 aromatic rings. The number of rotatable bonds is 3. The number of piperidine rings is 1. The van der Waals surface area contributed by atoms with E-state index >= 15 is 0 Å². The number of carbonyl (C=O) groups is 3. The van der Waals surface area contributed by atoms with E-state index in [1.807, 2.05) is 57.9 Å². The van der Waals surface area contributed by atoms with Crippen LogP contribution in [-0.2, 0) is 11.3 Å². The van der Waals surface area contributed by atoms with Gasteiger partial charge in [0.15, 0.2) is 0 Å². The number of nitrogens with zero attached hydrogens (tertiary/aromatic N) is 5. The Morgan fingerprint density at radius 2 is 1.69 bits per heavy atom. The van der Waals surface area contributed by atoms with Gasteiger partial charge in [-0.1, -0.05) is 20.8 Å². The Bertz CT molecular complexity index is 887. The van der Waals surface area contributed by atoms with Gasteiger partial charge in [0.1, 0.15) is 17.6 Å². The largest absolute Gasteiger partial charge is 0.465 e. The zero-order chi connectivity index (χ0) is 24.0. The first-order valence-corrected chi connectivity index (χ1v) is 11.4. The van der Waals surface area contributed by atoms with Crippen LogP contribution in [0.4, 0.5) is 4.79 Å². The number of hydrogen-bond acceptors (Lipinski definition) is 4. The lowest BCUT2D eigenvalue weighted by Gasteiger charge is -2.47. The lowest BCUT2D eigenvalue weighted by atomic mass is 9.82. The molecule has 1 N–H and O–H groups in total. The number of likely N-dealkylation sites (tertiary alicyclic amines) is 1. The van der Waals surface area contributed by atoms with Gasteiger partial charge in [-0.25, -0.2) is 9.78 Å². The van der Waals surface area contributed by atoms with Gasteiger partial charge in [0.2, 0.25) is 5.91 Å². The van der Waals surface area contributed by atoms with Gasteiger partial charge in [0.25, 0.3) is 5.91 Å². The van der Waals surface area contributed by atoms with Crippen molar-refractivity contribution >= 4 is 17.9 Å². The van der Waals surface area contributed by atoms with Crippen LogP contribution >= 0.6 is 0 Å². The minimum atomic E-state index is -1.09. The van der Waals surface area contributed by atoms with Gasteiger partial charge in [-0.3, -0.25) is 14.5 Å². The molecule has 0 unspecified atom stereocenters. The first-order valence-electron chi connectivity index (χ1n) is 11.4. The third-order valence-corrected chi connectivity index (χ3v) is 6.56. The summed E-state index contributed by atoms with van der Waals surface area (Å²) >= 11 is 0. The second-order valence-electron chi connectivity index (χ2n) is 11.0. The zero-order valence-corrected chi connectivity index (χ0v) is 20.4. The number of fused-ring (bicyclic) bond motifs is 1. The van der Waals surface area contributed by atoms with E-state index in [1.165, 1.54) is 4.90 Å². The van der Waals surface area contributed by atoms with Crippen molar-refractivity contribution in [3.8, 4) is 0 Å². The topological polar surface area (TPSA) is 99.0 Å². The maximum atomic E-state index is 13.6. The van der Waals surface area contributed by atoms with Crippen molar-refractivity contribution in [3.05, 3.63) is 17.7 Å². The fourth-order valence-corrected chi connectivity index (χ4v) is 4.95. The van der Waals surface area contributed by atoms with Crippen molar-refractivity contribution in [2.75, 3.05) is 19.6 Å². The fourth-order valence-electron chi connectivity index (χ4n) is 4.95. The predicted octanol–water partition coefficient (Wildman–Crippen LogP) is 2.83. The molecule has 3 heterocycles. The van der Waals surface area contributed by atoms with E-state index in [0.29, 0.717) is 38.2 Å². The van der Waals surface area contributed by atoms with Gasteiger partial charge in [0, 0.05) is 37.8 Å². The molecule has 0 saturated carbocycles. The number of hydrogen-bond donors (Lipinski definition) is 1. The van der Waals surface area contributed by atoms with Crippen molar-refractivity contribution in [3.63, 3.8) is 0 Å². The number of amides is 3. The Balaban J connectivity index is 1.72. The highest BCUT2D eigenvalue weighted by Crippen LogP contribution is 2.33. The molecular weight excluding hydrogens is 410 g/mol. The molecule has 32 heavy (non-hydrogen) atoms. The quantitative estimate of drug-likeness (QED) is 0.768. The van der Waals surface area contributed by atoms with Crippen molar-refractivity contribution in [1.29, 1.82) is 0 Å². The first kappa shape index (κ1) is 24.1. The smallest absolute Gasteiger partial charge is 0.408 e. The lowest BCUT2D eigenvalue weighted by molar-refractivity contribution is -0.144. The van der Waals surface area contributed by atoms with Gasteiger partial charge < -0.3 is 19.5 Å². The molecule has 1 fully saturated rings. The van der Waals surface area contributed by atoms with Crippen molar-refractivity contribution < 1.29 is 19.5 Å². The molecule has 2 aliphatic heterocycles. The van der Waals surface area contributed by atoms with E-state index in [9.17, 15) is 19.5 Å². The van der Waals surface area contributed by atoms with E-state index in [1.54, 1.807) is 11.1 Å².